The Morgan fingerprint density at radius 3 is 2.45 bits per heavy atom. The van der Waals surface area contributed by atoms with Crippen molar-refractivity contribution in [3.63, 3.8) is 0 Å². The van der Waals surface area contributed by atoms with E-state index in [9.17, 15) is 0 Å². The number of imidazole rings is 1. The molecule has 4 heteroatoms. The van der Waals surface area contributed by atoms with Crippen LogP contribution in [0.4, 0.5) is 0 Å². The van der Waals surface area contributed by atoms with Crippen LogP contribution in [0.2, 0.25) is 0 Å². The molecule has 0 fully saturated rings. The Bertz CT molecular complexity index is 612. The number of rotatable bonds is 4. The van der Waals surface area contributed by atoms with E-state index in [4.69, 9.17) is 16.6 Å². The highest BCUT2D eigenvalue weighted by atomic mass is 35.5. The van der Waals surface area contributed by atoms with Crippen LogP contribution < -0.4 is 0 Å². The van der Waals surface area contributed by atoms with E-state index in [0.717, 1.165) is 23.6 Å². The summed E-state index contributed by atoms with van der Waals surface area (Å²) in [5.74, 6) is 2.08. The minimum atomic E-state index is 0. The van der Waals surface area contributed by atoms with Gasteiger partial charge in [0.25, 0.3) is 0 Å². The van der Waals surface area contributed by atoms with Crippen molar-refractivity contribution in [1.82, 2.24) is 9.97 Å². The van der Waals surface area contributed by atoms with Crippen LogP contribution >= 0.6 is 24.0 Å². The fraction of sp³-hybridized carbons (Fsp3) is 0.500. The molecule has 2 nitrogen and oxygen atoms in total. The number of alkyl halides is 1. The van der Waals surface area contributed by atoms with Crippen molar-refractivity contribution in [1.29, 1.82) is 0 Å². The van der Waals surface area contributed by atoms with Crippen molar-refractivity contribution in [3.05, 3.63) is 41.2 Å². The molecule has 0 aliphatic carbocycles. The number of hydrogen-bond donors (Lipinski definition) is 1. The van der Waals surface area contributed by atoms with Gasteiger partial charge in [0.15, 0.2) is 0 Å². The molecule has 1 unspecified atom stereocenters. The van der Waals surface area contributed by atoms with Crippen LogP contribution in [0.15, 0.2) is 24.3 Å². The van der Waals surface area contributed by atoms with E-state index in [1.807, 2.05) is 0 Å². The van der Waals surface area contributed by atoms with Gasteiger partial charge in [-0.05, 0) is 30.2 Å². The first-order valence-corrected chi connectivity index (χ1v) is 8.07. The highest BCUT2D eigenvalue weighted by Crippen LogP contribution is 2.32. The van der Waals surface area contributed by atoms with Crippen LogP contribution in [-0.2, 0) is 11.8 Å². The molecule has 0 aliphatic rings. The predicted octanol–water partition coefficient (Wildman–Crippen LogP) is 5.52. The lowest BCUT2D eigenvalue weighted by molar-refractivity contribution is 0.591. The molecule has 122 valence electrons. The topological polar surface area (TPSA) is 28.7 Å². The number of benzene rings is 1. The van der Waals surface area contributed by atoms with Crippen LogP contribution in [-0.4, -0.2) is 15.8 Å². The summed E-state index contributed by atoms with van der Waals surface area (Å²) in [4.78, 5) is 8.28. The standard InChI is InChI=1S/C18H25ClN2.ClH/c1-12(11-19)10-16-13(2)20-17(21-16)14-8-6-7-9-15(14)18(3,4)5;/h6-9,12H,10-11H2,1-5H3,(H,20,21);1H. The van der Waals surface area contributed by atoms with E-state index in [0.29, 0.717) is 11.8 Å². The zero-order chi connectivity index (χ0) is 15.6. The summed E-state index contributed by atoms with van der Waals surface area (Å²) in [7, 11) is 0. The minimum Gasteiger partial charge on any atom is -0.342 e. The Morgan fingerprint density at radius 1 is 1.23 bits per heavy atom. The lowest BCUT2D eigenvalue weighted by Gasteiger charge is -2.21. The second-order valence-electron chi connectivity index (χ2n) is 6.92. The fourth-order valence-electron chi connectivity index (χ4n) is 2.55. The summed E-state index contributed by atoms with van der Waals surface area (Å²) in [5, 5.41) is 0. The molecule has 0 spiro atoms. The normalized spacial score (nSPS) is 12.8. The van der Waals surface area contributed by atoms with Crippen molar-refractivity contribution in [2.24, 2.45) is 5.92 Å². The first kappa shape index (κ1) is 19.1. The van der Waals surface area contributed by atoms with Crippen molar-refractivity contribution < 1.29 is 0 Å². The Morgan fingerprint density at radius 2 is 1.86 bits per heavy atom. The van der Waals surface area contributed by atoms with Gasteiger partial charge in [-0.15, -0.1) is 24.0 Å². The van der Waals surface area contributed by atoms with Crippen LogP contribution in [0.25, 0.3) is 11.4 Å². The van der Waals surface area contributed by atoms with Gasteiger partial charge in [-0.3, -0.25) is 0 Å². The van der Waals surface area contributed by atoms with Crippen LogP contribution in [0, 0.1) is 12.8 Å². The molecule has 0 saturated carbocycles. The molecule has 1 heterocycles. The third-order valence-electron chi connectivity index (χ3n) is 3.78. The van der Waals surface area contributed by atoms with Gasteiger partial charge in [-0.25, -0.2) is 4.98 Å². The van der Waals surface area contributed by atoms with Crippen molar-refractivity contribution in [2.45, 2.75) is 46.5 Å². The van der Waals surface area contributed by atoms with Gasteiger partial charge in [0.2, 0.25) is 0 Å². The number of hydrogen-bond acceptors (Lipinski definition) is 1. The molecule has 22 heavy (non-hydrogen) atoms. The van der Waals surface area contributed by atoms with Crippen LogP contribution in [0.3, 0.4) is 0 Å². The van der Waals surface area contributed by atoms with Gasteiger partial charge >= 0.3 is 0 Å². The van der Waals surface area contributed by atoms with E-state index < -0.39 is 0 Å². The number of nitrogens with one attached hydrogen (secondary N) is 1. The third-order valence-corrected chi connectivity index (χ3v) is 4.31. The second kappa shape index (κ2) is 7.52. The van der Waals surface area contributed by atoms with Gasteiger partial charge in [-0.1, -0.05) is 52.0 Å². The third kappa shape index (κ3) is 4.27. The van der Waals surface area contributed by atoms with Gasteiger partial charge in [0.05, 0.1) is 5.69 Å². The summed E-state index contributed by atoms with van der Waals surface area (Å²) in [6, 6.07) is 8.50. The van der Waals surface area contributed by atoms with Gasteiger partial charge < -0.3 is 4.98 Å². The average Bonchev–Trinajstić information content (AvgIpc) is 2.79. The van der Waals surface area contributed by atoms with Gasteiger partial charge in [0.1, 0.15) is 5.82 Å². The number of halogens is 2. The quantitative estimate of drug-likeness (QED) is 0.729. The Kier molecular flexibility index (Phi) is 6.51. The lowest BCUT2D eigenvalue weighted by atomic mass is 9.83. The first-order valence-electron chi connectivity index (χ1n) is 7.54. The molecule has 0 bridgehead atoms. The number of nitrogens with zero attached hydrogens (tertiary/aromatic N) is 1. The van der Waals surface area contributed by atoms with Crippen molar-refractivity contribution in [3.8, 4) is 11.4 Å². The monoisotopic (exact) mass is 340 g/mol. The first-order chi connectivity index (χ1) is 9.82. The average molecular weight is 341 g/mol. The molecule has 0 aliphatic heterocycles. The van der Waals surface area contributed by atoms with E-state index >= 15 is 0 Å². The summed E-state index contributed by atoms with van der Waals surface area (Å²) in [6.07, 6.45) is 0.920. The van der Waals surface area contributed by atoms with Crippen molar-refractivity contribution >= 4 is 24.0 Å². The Labute approximate surface area is 145 Å². The van der Waals surface area contributed by atoms with Crippen LogP contribution in [0.1, 0.15) is 44.6 Å². The lowest BCUT2D eigenvalue weighted by Crippen LogP contribution is -2.12. The number of aromatic nitrogens is 2. The molecule has 1 atom stereocenters. The molecule has 0 amide bonds. The largest absolute Gasteiger partial charge is 0.342 e. The highest BCUT2D eigenvalue weighted by molar-refractivity contribution is 6.18. The molecule has 1 N–H and O–H groups in total. The number of aromatic amines is 1. The predicted molar refractivity (Wildman–Crippen MR) is 98.3 cm³/mol. The smallest absolute Gasteiger partial charge is 0.138 e. The zero-order valence-corrected chi connectivity index (χ0v) is 15.6. The summed E-state index contributed by atoms with van der Waals surface area (Å²) in [6.45, 7) is 10.9. The number of H-pyrrole nitrogens is 1. The summed E-state index contributed by atoms with van der Waals surface area (Å²) < 4.78 is 0. The Hall–Kier alpha value is -0.990. The van der Waals surface area contributed by atoms with E-state index in [2.05, 4.69) is 63.9 Å². The van der Waals surface area contributed by atoms with Crippen LogP contribution in [0.5, 0.6) is 0 Å². The van der Waals surface area contributed by atoms with Gasteiger partial charge in [0, 0.05) is 17.1 Å². The molecule has 1 aromatic heterocycles. The van der Waals surface area contributed by atoms with Gasteiger partial charge in [-0.2, -0.15) is 0 Å². The maximum Gasteiger partial charge on any atom is 0.138 e. The van der Waals surface area contributed by atoms with E-state index in [1.165, 1.54) is 11.1 Å². The molecule has 2 aromatic rings. The van der Waals surface area contributed by atoms with Crippen molar-refractivity contribution in [2.75, 3.05) is 5.88 Å². The Balaban J connectivity index is 0.00000242. The molecule has 1 aromatic carbocycles. The zero-order valence-electron chi connectivity index (χ0n) is 14.0. The maximum atomic E-state index is 5.93. The fourth-order valence-corrected chi connectivity index (χ4v) is 2.66. The van der Waals surface area contributed by atoms with E-state index in [1.54, 1.807) is 0 Å². The summed E-state index contributed by atoms with van der Waals surface area (Å²) >= 11 is 5.93. The molecule has 0 saturated heterocycles. The molecular formula is C18H26Cl2N2. The SMILES string of the molecule is Cc1[nH]c(-c2ccccc2C(C)(C)C)nc1CC(C)CCl.Cl. The van der Waals surface area contributed by atoms with E-state index in [-0.39, 0.29) is 17.8 Å². The second-order valence-corrected chi connectivity index (χ2v) is 7.22. The molecular weight excluding hydrogens is 315 g/mol. The highest BCUT2D eigenvalue weighted by Gasteiger charge is 2.20. The molecule has 2 rings (SSSR count). The molecule has 0 radical (unpaired) electrons. The summed E-state index contributed by atoms with van der Waals surface area (Å²) in [5.41, 5.74) is 4.88. The minimum absolute atomic E-state index is 0. The number of aryl methyl sites for hydroxylation is 1. The maximum absolute atomic E-state index is 5.93.